The molecule has 0 bridgehead atoms. The standard InChI is InChI=1S/C23H21N3.ClH/c1-3-17-13-9-10-16(2)21(17)25-23-19-14-7-8-15-20(19)24-22(26-23)18-11-5-4-6-12-18;/h4-15H,3H2,1-2H3,(H,24,25,26);1H. The predicted molar refractivity (Wildman–Crippen MR) is 116 cm³/mol. The van der Waals surface area contributed by atoms with E-state index in [0.717, 1.165) is 40.2 Å². The second-order valence-corrected chi connectivity index (χ2v) is 6.37. The van der Waals surface area contributed by atoms with Gasteiger partial charge in [0.05, 0.1) is 5.52 Å². The zero-order valence-corrected chi connectivity index (χ0v) is 16.3. The van der Waals surface area contributed by atoms with Gasteiger partial charge < -0.3 is 5.32 Å². The summed E-state index contributed by atoms with van der Waals surface area (Å²) in [5.74, 6) is 1.58. The summed E-state index contributed by atoms with van der Waals surface area (Å²) in [6, 6.07) is 24.6. The fourth-order valence-electron chi connectivity index (χ4n) is 3.21. The van der Waals surface area contributed by atoms with E-state index in [1.54, 1.807) is 0 Å². The lowest BCUT2D eigenvalue weighted by Gasteiger charge is -2.16. The van der Waals surface area contributed by atoms with Crippen LogP contribution in [0.1, 0.15) is 18.1 Å². The van der Waals surface area contributed by atoms with Crippen LogP contribution < -0.4 is 5.32 Å². The van der Waals surface area contributed by atoms with Crippen LogP contribution >= 0.6 is 12.4 Å². The van der Waals surface area contributed by atoms with Gasteiger partial charge in [0, 0.05) is 16.6 Å². The first-order valence-electron chi connectivity index (χ1n) is 8.94. The Labute approximate surface area is 165 Å². The van der Waals surface area contributed by atoms with E-state index in [1.807, 2.05) is 48.5 Å². The van der Waals surface area contributed by atoms with E-state index in [0.29, 0.717) is 0 Å². The van der Waals surface area contributed by atoms with E-state index in [9.17, 15) is 0 Å². The molecule has 0 aliphatic heterocycles. The molecule has 4 heteroatoms. The first-order valence-corrected chi connectivity index (χ1v) is 8.94. The minimum atomic E-state index is 0. The highest BCUT2D eigenvalue weighted by molar-refractivity contribution is 5.92. The number of aryl methyl sites for hydroxylation is 2. The van der Waals surface area contributed by atoms with Crippen molar-refractivity contribution in [1.82, 2.24) is 9.97 Å². The molecule has 136 valence electrons. The lowest BCUT2D eigenvalue weighted by molar-refractivity contribution is 1.13. The van der Waals surface area contributed by atoms with Crippen LogP contribution in [-0.2, 0) is 6.42 Å². The Bertz CT molecular complexity index is 1060. The van der Waals surface area contributed by atoms with Gasteiger partial charge in [0.2, 0.25) is 0 Å². The fraction of sp³-hybridized carbons (Fsp3) is 0.130. The molecule has 0 aliphatic rings. The first-order chi connectivity index (χ1) is 12.8. The van der Waals surface area contributed by atoms with Crippen LogP contribution in [0.25, 0.3) is 22.3 Å². The highest BCUT2D eigenvalue weighted by Gasteiger charge is 2.12. The number of para-hydroxylation sites is 2. The molecular weight excluding hydrogens is 354 g/mol. The number of fused-ring (bicyclic) bond motifs is 1. The van der Waals surface area contributed by atoms with Crippen molar-refractivity contribution in [2.75, 3.05) is 5.32 Å². The van der Waals surface area contributed by atoms with Crippen LogP contribution in [0, 0.1) is 6.92 Å². The van der Waals surface area contributed by atoms with Gasteiger partial charge in [-0.3, -0.25) is 0 Å². The molecule has 3 aromatic carbocycles. The summed E-state index contributed by atoms with van der Waals surface area (Å²) in [5, 5.41) is 4.62. The molecule has 0 radical (unpaired) electrons. The van der Waals surface area contributed by atoms with Gasteiger partial charge in [0.1, 0.15) is 5.82 Å². The topological polar surface area (TPSA) is 37.8 Å². The summed E-state index contributed by atoms with van der Waals surface area (Å²) in [4.78, 5) is 9.62. The van der Waals surface area contributed by atoms with Gasteiger partial charge in [0.15, 0.2) is 5.82 Å². The lowest BCUT2D eigenvalue weighted by Crippen LogP contribution is -2.03. The van der Waals surface area contributed by atoms with Crippen LogP contribution in [0.3, 0.4) is 0 Å². The van der Waals surface area contributed by atoms with Crippen LogP contribution in [-0.4, -0.2) is 9.97 Å². The SMILES string of the molecule is CCc1cccc(C)c1Nc1nc(-c2ccccc2)nc2ccccc12.Cl. The number of benzene rings is 3. The van der Waals surface area contributed by atoms with Crippen LogP contribution in [0.4, 0.5) is 11.5 Å². The second kappa shape index (κ2) is 8.19. The number of hydrogen-bond acceptors (Lipinski definition) is 3. The fourth-order valence-corrected chi connectivity index (χ4v) is 3.21. The first kappa shape index (κ1) is 18.9. The summed E-state index contributed by atoms with van der Waals surface area (Å²) >= 11 is 0. The molecule has 4 rings (SSSR count). The van der Waals surface area contributed by atoms with E-state index in [2.05, 4.69) is 43.4 Å². The average molecular weight is 376 g/mol. The monoisotopic (exact) mass is 375 g/mol. The van der Waals surface area contributed by atoms with Crippen LogP contribution in [0.2, 0.25) is 0 Å². The molecule has 1 aromatic heterocycles. The Morgan fingerprint density at radius 3 is 2.33 bits per heavy atom. The molecule has 0 fully saturated rings. The number of halogens is 1. The highest BCUT2D eigenvalue weighted by atomic mass is 35.5. The molecule has 0 amide bonds. The Morgan fingerprint density at radius 2 is 1.56 bits per heavy atom. The van der Waals surface area contributed by atoms with Crippen LogP contribution in [0.5, 0.6) is 0 Å². The van der Waals surface area contributed by atoms with Crippen molar-refractivity contribution in [1.29, 1.82) is 0 Å². The molecule has 3 nitrogen and oxygen atoms in total. The molecule has 1 heterocycles. The molecule has 4 aromatic rings. The van der Waals surface area contributed by atoms with Crippen molar-refractivity contribution in [3.63, 3.8) is 0 Å². The summed E-state index contributed by atoms with van der Waals surface area (Å²) in [6.45, 7) is 4.30. The van der Waals surface area contributed by atoms with Gasteiger partial charge in [-0.1, -0.05) is 67.6 Å². The van der Waals surface area contributed by atoms with Crippen molar-refractivity contribution in [3.8, 4) is 11.4 Å². The van der Waals surface area contributed by atoms with Gasteiger partial charge in [-0.05, 0) is 36.6 Å². The normalized spacial score (nSPS) is 10.4. The van der Waals surface area contributed by atoms with Gasteiger partial charge >= 0.3 is 0 Å². The highest BCUT2D eigenvalue weighted by Crippen LogP contribution is 2.30. The van der Waals surface area contributed by atoms with E-state index in [-0.39, 0.29) is 12.4 Å². The molecule has 0 saturated carbocycles. The molecule has 0 saturated heterocycles. The van der Waals surface area contributed by atoms with E-state index >= 15 is 0 Å². The molecule has 0 spiro atoms. The van der Waals surface area contributed by atoms with E-state index in [4.69, 9.17) is 9.97 Å². The molecule has 0 unspecified atom stereocenters. The molecular formula is C23H22ClN3. The predicted octanol–water partition coefficient (Wildman–Crippen LogP) is 6.33. The third kappa shape index (κ3) is 3.79. The minimum Gasteiger partial charge on any atom is -0.339 e. The molecule has 1 N–H and O–H groups in total. The number of rotatable bonds is 4. The van der Waals surface area contributed by atoms with E-state index in [1.165, 1.54) is 11.1 Å². The summed E-state index contributed by atoms with van der Waals surface area (Å²) in [5.41, 5.74) is 5.59. The number of anilines is 2. The van der Waals surface area contributed by atoms with Gasteiger partial charge in [0.25, 0.3) is 0 Å². The zero-order valence-electron chi connectivity index (χ0n) is 15.4. The summed E-state index contributed by atoms with van der Waals surface area (Å²) in [7, 11) is 0. The van der Waals surface area contributed by atoms with Crippen molar-refractivity contribution in [3.05, 3.63) is 83.9 Å². The maximum Gasteiger partial charge on any atom is 0.162 e. The molecule has 0 aliphatic carbocycles. The van der Waals surface area contributed by atoms with Crippen molar-refractivity contribution in [2.45, 2.75) is 20.3 Å². The number of hydrogen-bond donors (Lipinski definition) is 1. The summed E-state index contributed by atoms with van der Waals surface area (Å²) < 4.78 is 0. The van der Waals surface area contributed by atoms with Gasteiger partial charge in [-0.15, -0.1) is 12.4 Å². The Balaban J connectivity index is 0.00000210. The third-order valence-corrected chi connectivity index (χ3v) is 4.62. The lowest BCUT2D eigenvalue weighted by atomic mass is 10.1. The third-order valence-electron chi connectivity index (χ3n) is 4.62. The number of nitrogens with zero attached hydrogens (tertiary/aromatic N) is 2. The number of aromatic nitrogens is 2. The second-order valence-electron chi connectivity index (χ2n) is 6.37. The van der Waals surface area contributed by atoms with Crippen molar-refractivity contribution in [2.24, 2.45) is 0 Å². The van der Waals surface area contributed by atoms with Gasteiger partial charge in [-0.25, -0.2) is 9.97 Å². The summed E-state index contributed by atoms with van der Waals surface area (Å²) in [6.07, 6.45) is 0.971. The molecule has 0 atom stereocenters. The average Bonchev–Trinajstić information content (AvgIpc) is 2.70. The van der Waals surface area contributed by atoms with Crippen molar-refractivity contribution >= 4 is 34.8 Å². The smallest absolute Gasteiger partial charge is 0.162 e. The quantitative estimate of drug-likeness (QED) is 0.452. The van der Waals surface area contributed by atoms with Crippen molar-refractivity contribution < 1.29 is 0 Å². The molecule has 27 heavy (non-hydrogen) atoms. The Hall–Kier alpha value is -2.91. The largest absolute Gasteiger partial charge is 0.339 e. The Morgan fingerprint density at radius 1 is 0.815 bits per heavy atom. The van der Waals surface area contributed by atoms with E-state index < -0.39 is 0 Å². The van der Waals surface area contributed by atoms with Crippen LogP contribution in [0.15, 0.2) is 72.8 Å². The Kier molecular flexibility index (Phi) is 5.72. The maximum absolute atomic E-state index is 4.86. The minimum absolute atomic E-state index is 0. The maximum atomic E-state index is 4.86. The zero-order chi connectivity index (χ0) is 17.9. The van der Waals surface area contributed by atoms with Gasteiger partial charge in [-0.2, -0.15) is 0 Å². The number of nitrogens with one attached hydrogen (secondary N) is 1.